The van der Waals surface area contributed by atoms with Crippen LogP contribution in [0.1, 0.15) is 23.7 Å². The Morgan fingerprint density at radius 1 is 1.33 bits per heavy atom. The third-order valence-electron chi connectivity index (χ3n) is 3.25. The molecule has 21 heavy (non-hydrogen) atoms. The van der Waals surface area contributed by atoms with Crippen LogP contribution in [0, 0.1) is 0 Å². The molecule has 2 atom stereocenters. The van der Waals surface area contributed by atoms with Crippen molar-refractivity contribution in [3.63, 3.8) is 0 Å². The number of para-hydroxylation sites is 1. The van der Waals surface area contributed by atoms with E-state index in [0.29, 0.717) is 30.9 Å². The number of hydrogen-bond acceptors (Lipinski definition) is 6. The standard InChI is InChI=1S/C15H19NO5/c1-3-20-14(17)11-6-4-5-7-13(11)21-10-8-12(16-9-10)15(18)19-2/h4-7,10,12,16H,3,8-9H2,1-2H3/t10-,12+/m1/s1. The lowest BCUT2D eigenvalue weighted by Crippen LogP contribution is -2.31. The summed E-state index contributed by atoms with van der Waals surface area (Å²) in [5, 5.41) is 3.04. The van der Waals surface area contributed by atoms with Crippen molar-refractivity contribution in [2.75, 3.05) is 20.3 Å². The Morgan fingerprint density at radius 2 is 2.10 bits per heavy atom. The van der Waals surface area contributed by atoms with Crippen LogP contribution >= 0.6 is 0 Å². The van der Waals surface area contributed by atoms with E-state index >= 15 is 0 Å². The smallest absolute Gasteiger partial charge is 0.341 e. The summed E-state index contributed by atoms with van der Waals surface area (Å²) >= 11 is 0. The SMILES string of the molecule is CCOC(=O)c1ccccc1O[C@H]1CN[C@H](C(=O)OC)C1. The van der Waals surface area contributed by atoms with E-state index in [1.165, 1.54) is 7.11 Å². The van der Waals surface area contributed by atoms with Crippen LogP contribution in [0.25, 0.3) is 0 Å². The quantitative estimate of drug-likeness (QED) is 0.821. The van der Waals surface area contributed by atoms with Gasteiger partial charge in [-0.3, -0.25) is 4.79 Å². The van der Waals surface area contributed by atoms with Gasteiger partial charge in [0.05, 0.1) is 13.7 Å². The molecule has 2 rings (SSSR count). The van der Waals surface area contributed by atoms with Crippen LogP contribution in [0.4, 0.5) is 0 Å². The number of esters is 2. The van der Waals surface area contributed by atoms with Gasteiger partial charge >= 0.3 is 11.9 Å². The normalized spacial score (nSPS) is 20.9. The van der Waals surface area contributed by atoms with E-state index in [-0.39, 0.29) is 18.1 Å². The van der Waals surface area contributed by atoms with Gasteiger partial charge in [-0.25, -0.2) is 4.79 Å². The molecule has 1 saturated heterocycles. The number of benzene rings is 1. The second-order valence-corrected chi connectivity index (χ2v) is 4.68. The molecule has 114 valence electrons. The molecule has 0 saturated carbocycles. The second-order valence-electron chi connectivity index (χ2n) is 4.68. The highest BCUT2D eigenvalue weighted by molar-refractivity contribution is 5.92. The van der Waals surface area contributed by atoms with Crippen LogP contribution in [0.2, 0.25) is 0 Å². The molecule has 0 aliphatic carbocycles. The van der Waals surface area contributed by atoms with Crippen molar-refractivity contribution in [1.82, 2.24) is 5.32 Å². The lowest BCUT2D eigenvalue weighted by atomic mass is 10.2. The highest BCUT2D eigenvalue weighted by Gasteiger charge is 2.32. The number of carbonyl (C=O) groups excluding carboxylic acids is 2. The van der Waals surface area contributed by atoms with Crippen LogP contribution in [0.3, 0.4) is 0 Å². The predicted octanol–water partition coefficient (Wildman–Crippen LogP) is 1.15. The minimum Gasteiger partial charge on any atom is -0.488 e. The Morgan fingerprint density at radius 3 is 2.81 bits per heavy atom. The van der Waals surface area contributed by atoms with Crippen molar-refractivity contribution in [3.8, 4) is 5.75 Å². The van der Waals surface area contributed by atoms with Gasteiger partial charge < -0.3 is 19.5 Å². The van der Waals surface area contributed by atoms with Gasteiger partial charge in [0.25, 0.3) is 0 Å². The Labute approximate surface area is 123 Å². The minimum atomic E-state index is -0.413. The van der Waals surface area contributed by atoms with Crippen molar-refractivity contribution in [3.05, 3.63) is 29.8 Å². The van der Waals surface area contributed by atoms with E-state index < -0.39 is 5.97 Å². The molecule has 0 aromatic heterocycles. The highest BCUT2D eigenvalue weighted by atomic mass is 16.5. The molecule has 1 N–H and O–H groups in total. The summed E-state index contributed by atoms with van der Waals surface area (Å²) in [6, 6.07) is 6.56. The van der Waals surface area contributed by atoms with Gasteiger partial charge in [0.1, 0.15) is 23.5 Å². The Hall–Kier alpha value is -2.08. The van der Waals surface area contributed by atoms with E-state index in [4.69, 9.17) is 14.2 Å². The summed E-state index contributed by atoms with van der Waals surface area (Å²) in [7, 11) is 1.36. The molecule has 1 aliphatic heterocycles. The van der Waals surface area contributed by atoms with E-state index in [1.807, 2.05) is 0 Å². The number of rotatable bonds is 5. The Balaban J connectivity index is 2.04. The number of ether oxygens (including phenoxy) is 3. The molecule has 1 aliphatic rings. The summed E-state index contributed by atoms with van der Waals surface area (Å²) in [4.78, 5) is 23.3. The molecule has 0 radical (unpaired) electrons. The average molecular weight is 293 g/mol. The topological polar surface area (TPSA) is 73.9 Å². The van der Waals surface area contributed by atoms with Crippen molar-refractivity contribution < 1.29 is 23.8 Å². The van der Waals surface area contributed by atoms with E-state index in [9.17, 15) is 9.59 Å². The van der Waals surface area contributed by atoms with Gasteiger partial charge in [-0.05, 0) is 19.1 Å². The van der Waals surface area contributed by atoms with Gasteiger partial charge in [0.2, 0.25) is 0 Å². The van der Waals surface area contributed by atoms with Crippen molar-refractivity contribution >= 4 is 11.9 Å². The van der Waals surface area contributed by atoms with Crippen molar-refractivity contribution in [2.24, 2.45) is 0 Å². The van der Waals surface area contributed by atoms with Crippen LogP contribution < -0.4 is 10.1 Å². The lowest BCUT2D eigenvalue weighted by Gasteiger charge is -2.15. The molecule has 0 unspecified atom stereocenters. The van der Waals surface area contributed by atoms with Crippen LogP contribution in [-0.2, 0) is 14.3 Å². The summed E-state index contributed by atoms with van der Waals surface area (Å²) in [5.41, 5.74) is 0.390. The van der Waals surface area contributed by atoms with Gasteiger partial charge in [-0.15, -0.1) is 0 Å². The number of carbonyl (C=O) groups is 2. The maximum atomic E-state index is 11.9. The first kappa shape index (κ1) is 15.3. The fourth-order valence-corrected chi connectivity index (χ4v) is 2.24. The Kier molecular flexibility index (Phi) is 5.16. The van der Waals surface area contributed by atoms with E-state index in [1.54, 1.807) is 31.2 Å². The molecule has 1 heterocycles. The molecule has 1 aromatic carbocycles. The zero-order valence-electron chi connectivity index (χ0n) is 12.1. The van der Waals surface area contributed by atoms with Crippen LogP contribution in [-0.4, -0.2) is 44.3 Å². The first-order valence-electron chi connectivity index (χ1n) is 6.89. The molecule has 6 heteroatoms. The molecule has 1 aromatic rings. The summed E-state index contributed by atoms with van der Waals surface area (Å²) in [6.07, 6.45) is 0.314. The van der Waals surface area contributed by atoms with Gasteiger partial charge in [-0.2, -0.15) is 0 Å². The molecule has 0 bridgehead atoms. The molecule has 1 fully saturated rings. The molecule has 0 spiro atoms. The third-order valence-corrected chi connectivity index (χ3v) is 3.25. The first-order chi connectivity index (χ1) is 10.2. The number of hydrogen-bond donors (Lipinski definition) is 1. The fraction of sp³-hybridized carbons (Fsp3) is 0.467. The average Bonchev–Trinajstić information content (AvgIpc) is 2.96. The molecule has 6 nitrogen and oxygen atoms in total. The largest absolute Gasteiger partial charge is 0.488 e. The third kappa shape index (κ3) is 3.72. The van der Waals surface area contributed by atoms with Crippen molar-refractivity contribution in [2.45, 2.75) is 25.5 Å². The maximum Gasteiger partial charge on any atom is 0.341 e. The number of methoxy groups -OCH3 is 1. The van der Waals surface area contributed by atoms with Crippen LogP contribution in [0.5, 0.6) is 5.75 Å². The Bertz CT molecular complexity index is 517. The van der Waals surface area contributed by atoms with Crippen LogP contribution in [0.15, 0.2) is 24.3 Å². The minimum absolute atomic E-state index is 0.190. The molecular formula is C15H19NO5. The molecular weight excluding hydrogens is 274 g/mol. The summed E-state index contributed by atoms with van der Waals surface area (Å²) < 4.78 is 15.5. The lowest BCUT2D eigenvalue weighted by molar-refractivity contribution is -0.142. The highest BCUT2D eigenvalue weighted by Crippen LogP contribution is 2.23. The summed E-state index contributed by atoms with van der Waals surface area (Å²) in [5.74, 6) is -0.253. The first-order valence-corrected chi connectivity index (χ1v) is 6.89. The van der Waals surface area contributed by atoms with Gasteiger partial charge in [0.15, 0.2) is 0 Å². The van der Waals surface area contributed by atoms with Gasteiger partial charge in [0, 0.05) is 13.0 Å². The monoisotopic (exact) mass is 293 g/mol. The number of nitrogens with one attached hydrogen (secondary N) is 1. The van der Waals surface area contributed by atoms with Gasteiger partial charge in [-0.1, -0.05) is 12.1 Å². The fourth-order valence-electron chi connectivity index (χ4n) is 2.24. The second kappa shape index (κ2) is 7.08. The predicted molar refractivity (Wildman–Crippen MR) is 75.2 cm³/mol. The maximum absolute atomic E-state index is 11.9. The summed E-state index contributed by atoms with van der Waals surface area (Å²) in [6.45, 7) is 2.59. The zero-order valence-corrected chi connectivity index (χ0v) is 12.1. The molecule has 0 amide bonds. The zero-order chi connectivity index (χ0) is 15.2. The van der Waals surface area contributed by atoms with E-state index in [2.05, 4.69) is 5.32 Å². The van der Waals surface area contributed by atoms with Crippen molar-refractivity contribution in [1.29, 1.82) is 0 Å². The van der Waals surface area contributed by atoms with E-state index in [0.717, 1.165) is 0 Å².